The van der Waals surface area contributed by atoms with E-state index in [0.717, 1.165) is 35.8 Å². The van der Waals surface area contributed by atoms with Crippen LogP contribution >= 0.6 is 0 Å². The Hall–Kier alpha value is -4.06. The number of rotatable bonds is 5. The minimum atomic E-state index is 0.0189. The molecule has 6 nitrogen and oxygen atoms in total. The van der Waals surface area contributed by atoms with Gasteiger partial charge in [-0.3, -0.25) is 4.79 Å². The molecule has 0 N–H and O–H groups in total. The standard InChI is InChI=1S/C27H26N4O2/c1-33-24-14-12-22(13-15-24)29-16-18-30(19-17-29)27(32)25-20-31(23-10-6-3-7-11-23)28-26(25)21-8-4-2-5-9-21/h2-15,20H,16-19H2,1H3. The maximum Gasteiger partial charge on any atom is 0.257 e. The van der Waals surface area contributed by atoms with Gasteiger partial charge >= 0.3 is 0 Å². The highest BCUT2D eigenvalue weighted by Crippen LogP contribution is 2.26. The third-order valence-electron chi connectivity index (χ3n) is 6.02. The topological polar surface area (TPSA) is 50.6 Å². The third-order valence-corrected chi connectivity index (χ3v) is 6.02. The number of hydrogen-bond acceptors (Lipinski definition) is 4. The quantitative estimate of drug-likeness (QED) is 0.460. The second kappa shape index (κ2) is 9.20. The summed E-state index contributed by atoms with van der Waals surface area (Å²) in [6.07, 6.45) is 1.86. The van der Waals surface area contributed by atoms with Crippen molar-refractivity contribution in [3.05, 3.63) is 96.7 Å². The van der Waals surface area contributed by atoms with Crippen LogP contribution < -0.4 is 9.64 Å². The van der Waals surface area contributed by atoms with Crippen LogP contribution in [0.3, 0.4) is 0 Å². The Morgan fingerprint density at radius 2 is 1.42 bits per heavy atom. The van der Waals surface area contributed by atoms with Gasteiger partial charge in [-0.2, -0.15) is 5.10 Å². The van der Waals surface area contributed by atoms with Crippen molar-refractivity contribution in [1.29, 1.82) is 0 Å². The summed E-state index contributed by atoms with van der Waals surface area (Å²) in [7, 11) is 1.67. The molecule has 5 rings (SSSR count). The molecule has 0 saturated carbocycles. The predicted molar refractivity (Wildman–Crippen MR) is 130 cm³/mol. The summed E-state index contributed by atoms with van der Waals surface area (Å²) < 4.78 is 7.05. The highest BCUT2D eigenvalue weighted by atomic mass is 16.5. The number of hydrogen-bond donors (Lipinski definition) is 0. The monoisotopic (exact) mass is 438 g/mol. The number of amides is 1. The molecule has 4 aromatic rings. The van der Waals surface area contributed by atoms with Crippen molar-refractivity contribution >= 4 is 11.6 Å². The fourth-order valence-electron chi connectivity index (χ4n) is 4.18. The van der Waals surface area contributed by atoms with Crippen molar-refractivity contribution in [3.8, 4) is 22.7 Å². The Labute approximate surface area is 193 Å². The van der Waals surface area contributed by atoms with Gasteiger partial charge in [0.1, 0.15) is 11.4 Å². The van der Waals surface area contributed by atoms with Gasteiger partial charge in [-0.25, -0.2) is 4.68 Å². The molecule has 166 valence electrons. The Morgan fingerprint density at radius 1 is 0.788 bits per heavy atom. The first-order chi connectivity index (χ1) is 16.2. The Balaban J connectivity index is 1.38. The zero-order valence-electron chi connectivity index (χ0n) is 18.6. The molecular formula is C27H26N4O2. The number of anilines is 1. The summed E-state index contributed by atoms with van der Waals surface area (Å²) in [6, 6.07) is 27.9. The molecule has 2 heterocycles. The zero-order valence-corrected chi connectivity index (χ0v) is 18.6. The van der Waals surface area contributed by atoms with E-state index in [-0.39, 0.29) is 5.91 Å². The van der Waals surface area contributed by atoms with Gasteiger partial charge < -0.3 is 14.5 Å². The van der Waals surface area contributed by atoms with Gasteiger partial charge in [0.15, 0.2) is 0 Å². The summed E-state index contributed by atoms with van der Waals surface area (Å²) in [5, 5.41) is 4.79. The number of methoxy groups -OCH3 is 1. The lowest BCUT2D eigenvalue weighted by Gasteiger charge is -2.36. The maximum atomic E-state index is 13.6. The van der Waals surface area contributed by atoms with Crippen molar-refractivity contribution in [2.24, 2.45) is 0 Å². The van der Waals surface area contributed by atoms with Crippen molar-refractivity contribution < 1.29 is 9.53 Å². The normalized spacial score (nSPS) is 13.7. The first-order valence-electron chi connectivity index (χ1n) is 11.1. The zero-order chi connectivity index (χ0) is 22.6. The van der Waals surface area contributed by atoms with Crippen LogP contribution in [-0.4, -0.2) is 53.9 Å². The first-order valence-corrected chi connectivity index (χ1v) is 11.1. The largest absolute Gasteiger partial charge is 0.497 e. The molecule has 1 fully saturated rings. The lowest BCUT2D eigenvalue weighted by Crippen LogP contribution is -2.48. The molecule has 0 atom stereocenters. The molecule has 1 aliphatic rings. The van der Waals surface area contributed by atoms with Crippen molar-refractivity contribution in [2.75, 3.05) is 38.2 Å². The van der Waals surface area contributed by atoms with Gasteiger partial charge in [0.2, 0.25) is 0 Å². The second-order valence-electron chi connectivity index (χ2n) is 8.01. The van der Waals surface area contributed by atoms with Crippen LogP contribution in [0.25, 0.3) is 16.9 Å². The second-order valence-corrected chi connectivity index (χ2v) is 8.01. The number of benzene rings is 3. The van der Waals surface area contributed by atoms with Crippen LogP contribution in [-0.2, 0) is 0 Å². The van der Waals surface area contributed by atoms with Crippen LogP contribution in [0.1, 0.15) is 10.4 Å². The van der Waals surface area contributed by atoms with Crippen LogP contribution in [0.15, 0.2) is 91.1 Å². The van der Waals surface area contributed by atoms with Gasteiger partial charge in [-0.05, 0) is 36.4 Å². The molecule has 33 heavy (non-hydrogen) atoms. The predicted octanol–water partition coefficient (Wildman–Crippen LogP) is 4.51. The molecular weight excluding hydrogens is 412 g/mol. The van der Waals surface area contributed by atoms with Gasteiger partial charge in [0.25, 0.3) is 5.91 Å². The van der Waals surface area contributed by atoms with Gasteiger partial charge in [0.05, 0.1) is 18.4 Å². The average Bonchev–Trinajstić information content (AvgIpc) is 3.35. The SMILES string of the molecule is COc1ccc(N2CCN(C(=O)c3cn(-c4ccccc4)nc3-c3ccccc3)CC2)cc1. The fourth-order valence-corrected chi connectivity index (χ4v) is 4.18. The highest BCUT2D eigenvalue weighted by Gasteiger charge is 2.26. The number of para-hydroxylation sites is 1. The first kappa shape index (κ1) is 20.8. The van der Waals surface area contributed by atoms with E-state index in [1.807, 2.05) is 83.9 Å². The molecule has 0 radical (unpaired) electrons. The lowest BCUT2D eigenvalue weighted by atomic mass is 10.1. The number of carbonyl (C=O) groups excluding carboxylic acids is 1. The summed E-state index contributed by atoms with van der Waals surface area (Å²) in [6.45, 7) is 2.89. The molecule has 1 amide bonds. The summed E-state index contributed by atoms with van der Waals surface area (Å²) >= 11 is 0. The molecule has 3 aromatic carbocycles. The summed E-state index contributed by atoms with van der Waals surface area (Å²) in [5.74, 6) is 0.863. The van der Waals surface area contributed by atoms with Crippen molar-refractivity contribution in [2.45, 2.75) is 0 Å². The maximum absolute atomic E-state index is 13.6. The van der Waals surface area contributed by atoms with Crippen LogP contribution in [0.4, 0.5) is 5.69 Å². The van der Waals surface area contributed by atoms with Crippen LogP contribution in [0.2, 0.25) is 0 Å². The van der Waals surface area contributed by atoms with E-state index >= 15 is 0 Å². The number of aromatic nitrogens is 2. The van der Waals surface area contributed by atoms with E-state index in [4.69, 9.17) is 9.84 Å². The van der Waals surface area contributed by atoms with Crippen LogP contribution in [0, 0.1) is 0 Å². The minimum Gasteiger partial charge on any atom is -0.497 e. The van der Waals surface area contributed by atoms with Gasteiger partial charge in [-0.1, -0.05) is 48.5 Å². The van der Waals surface area contributed by atoms with E-state index in [1.54, 1.807) is 11.8 Å². The van der Waals surface area contributed by atoms with Crippen molar-refractivity contribution in [3.63, 3.8) is 0 Å². The smallest absolute Gasteiger partial charge is 0.257 e. The van der Waals surface area contributed by atoms with Crippen LogP contribution in [0.5, 0.6) is 5.75 Å². The minimum absolute atomic E-state index is 0.0189. The highest BCUT2D eigenvalue weighted by molar-refractivity contribution is 6.00. The molecule has 1 saturated heterocycles. The molecule has 1 aliphatic heterocycles. The molecule has 0 aliphatic carbocycles. The molecule has 1 aromatic heterocycles. The third kappa shape index (κ3) is 4.32. The summed E-state index contributed by atoms with van der Waals surface area (Å²) in [4.78, 5) is 17.8. The average molecular weight is 439 g/mol. The molecule has 0 bridgehead atoms. The molecule has 6 heteroatoms. The van der Waals surface area contributed by atoms with E-state index in [2.05, 4.69) is 17.0 Å². The summed E-state index contributed by atoms with van der Waals surface area (Å²) in [5.41, 5.74) is 4.35. The number of piperazine rings is 1. The number of ether oxygens (including phenoxy) is 1. The van der Waals surface area contributed by atoms with Gasteiger partial charge in [0, 0.05) is 43.6 Å². The Morgan fingerprint density at radius 3 is 2.06 bits per heavy atom. The fraction of sp³-hybridized carbons (Fsp3) is 0.185. The van der Waals surface area contributed by atoms with E-state index < -0.39 is 0 Å². The van der Waals surface area contributed by atoms with Crippen molar-refractivity contribution in [1.82, 2.24) is 14.7 Å². The lowest BCUT2D eigenvalue weighted by molar-refractivity contribution is 0.0747. The number of carbonyl (C=O) groups is 1. The van der Waals surface area contributed by atoms with E-state index in [1.165, 1.54) is 0 Å². The Kier molecular flexibility index (Phi) is 5.81. The number of nitrogens with zero attached hydrogens (tertiary/aromatic N) is 4. The van der Waals surface area contributed by atoms with E-state index in [0.29, 0.717) is 24.3 Å². The molecule has 0 unspecified atom stereocenters. The van der Waals surface area contributed by atoms with E-state index in [9.17, 15) is 4.79 Å². The Bertz CT molecular complexity index is 1210. The van der Waals surface area contributed by atoms with Gasteiger partial charge in [-0.15, -0.1) is 0 Å². The molecule has 0 spiro atoms.